The van der Waals surface area contributed by atoms with E-state index in [0.717, 1.165) is 23.4 Å². The Balaban J connectivity index is 1.22. The summed E-state index contributed by atoms with van der Waals surface area (Å²) in [5, 5.41) is 1.21. The van der Waals surface area contributed by atoms with E-state index in [9.17, 15) is 0 Å². The third kappa shape index (κ3) is 3.59. The minimum Gasteiger partial charge on any atom is -0.472 e. The lowest BCUT2D eigenvalue weighted by atomic mass is 9.78. The predicted molar refractivity (Wildman–Crippen MR) is 122 cm³/mol. The average Bonchev–Trinajstić information content (AvgIpc) is 3.30. The summed E-state index contributed by atoms with van der Waals surface area (Å²) in [5.41, 5.74) is 4.70. The molecular formula is C26H26N4O. The number of piperidine rings is 3. The monoisotopic (exact) mass is 410 g/mol. The Morgan fingerprint density at radius 1 is 1.00 bits per heavy atom. The molecule has 7 rings (SSSR count). The Kier molecular flexibility index (Phi) is 4.69. The highest BCUT2D eigenvalue weighted by molar-refractivity contribution is 5.84. The van der Waals surface area contributed by atoms with E-state index in [2.05, 4.69) is 56.3 Å². The van der Waals surface area contributed by atoms with Crippen molar-refractivity contribution in [2.75, 3.05) is 13.1 Å². The van der Waals surface area contributed by atoms with E-state index in [1.807, 2.05) is 36.9 Å². The number of pyridine rings is 2. The average molecular weight is 411 g/mol. The van der Waals surface area contributed by atoms with Gasteiger partial charge in [0.05, 0.1) is 6.04 Å². The highest BCUT2D eigenvalue weighted by Crippen LogP contribution is 2.36. The van der Waals surface area contributed by atoms with Gasteiger partial charge in [-0.3, -0.25) is 9.88 Å². The molecule has 3 aliphatic rings. The number of nitrogens with zero attached hydrogens (tertiary/aromatic N) is 3. The van der Waals surface area contributed by atoms with Crippen molar-refractivity contribution in [3.63, 3.8) is 0 Å². The minimum atomic E-state index is 0.178. The lowest BCUT2D eigenvalue weighted by Gasteiger charge is -2.50. The van der Waals surface area contributed by atoms with Gasteiger partial charge in [0.25, 0.3) is 0 Å². The Labute approximate surface area is 182 Å². The van der Waals surface area contributed by atoms with Gasteiger partial charge in [0.15, 0.2) is 0 Å². The normalized spacial score (nSPS) is 25.0. The molecule has 156 valence electrons. The maximum atomic E-state index is 6.54. The van der Waals surface area contributed by atoms with Gasteiger partial charge in [0.1, 0.15) is 6.10 Å². The smallest absolute Gasteiger partial charge is 0.213 e. The van der Waals surface area contributed by atoms with Gasteiger partial charge in [0.2, 0.25) is 5.88 Å². The predicted octanol–water partition coefficient (Wildman–Crippen LogP) is 4.71. The molecule has 1 N–H and O–H groups in total. The summed E-state index contributed by atoms with van der Waals surface area (Å²) in [5.74, 6) is 1.32. The molecule has 2 atom stereocenters. The van der Waals surface area contributed by atoms with Crippen molar-refractivity contribution < 1.29 is 4.74 Å². The van der Waals surface area contributed by atoms with Crippen molar-refractivity contribution in [1.29, 1.82) is 0 Å². The standard InChI is InChI=1S/C26H26N4O/c1-2-18(16-27-10-1)14-24-26(19-8-12-30(24)13-9-19)31-25-6-4-22(17-29-25)20-3-5-23-21(15-20)7-11-28-23/h1-7,10-11,15-17,19,24,26,28H,8-9,12-14H2. The van der Waals surface area contributed by atoms with Gasteiger partial charge in [-0.05, 0) is 85.1 Å². The molecule has 31 heavy (non-hydrogen) atoms. The summed E-state index contributed by atoms with van der Waals surface area (Å²) in [6.45, 7) is 2.34. The van der Waals surface area contributed by atoms with Crippen molar-refractivity contribution in [2.24, 2.45) is 5.92 Å². The van der Waals surface area contributed by atoms with Gasteiger partial charge in [0, 0.05) is 41.9 Å². The van der Waals surface area contributed by atoms with Crippen molar-refractivity contribution in [3.05, 3.63) is 78.9 Å². The first-order valence-electron chi connectivity index (χ1n) is 11.2. The molecule has 2 unspecified atom stereocenters. The molecule has 5 nitrogen and oxygen atoms in total. The molecule has 0 amide bonds. The van der Waals surface area contributed by atoms with E-state index in [-0.39, 0.29) is 6.10 Å². The number of nitrogens with one attached hydrogen (secondary N) is 1. The molecule has 3 aliphatic heterocycles. The summed E-state index contributed by atoms with van der Waals surface area (Å²) in [6, 6.07) is 17.3. The molecule has 0 spiro atoms. The van der Waals surface area contributed by atoms with Crippen LogP contribution in [0.2, 0.25) is 0 Å². The Morgan fingerprint density at radius 3 is 2.71 bits per heavy atom. The number of aromatic amines is 1. The fraction of sp³-hybridized carbons (Fsp3) is 0.308. The van der Waals surface area contributed by atoms with Crippen LogP contribution in [0.15, 0.2) is 73.3 Å². The molecule has 5 heteroatoms. The SMILES string of the molecule is c1cncc(CC2C(Oc3ccc(-c4ccc5[nH]ccc5c4)cn3)C3CCN2CC3)c1. The Morgan fingerprint density at radius 2 is 1.90 bits per heavy atom. The van der Waals surface area contributed by atoms with Crippen LogP contribution in [-0.2, 0) is 6.42 Å². The number of ether oxygens (including phenoxy) is 1. The van der Waals surface area contributed by atoms with Gasteiger partial charge in [-0.25, -0.2) is 4.98 Å². The maximum Gasteiger partial charge on any atom is 0.213 e. The van der Waals surface area contributed by atoms with Crippen LogP contribution in [0, 0.1) is 5.92 Å². The topological polar surface area (TPSA) is 54.0 Å². The molecule has 0 radical (unpaired) electrons. The molecule has 1 aromatic carbocycles. The van der Waals surface area contributed by atoms with Crippen LogP contribution >= 0.6 is 0 Å². The summed E-state index contributed by atoms with van der Waals surface area (Å²) in [7, 11) is 0. The van der Waals surface area contributed by atoms with Crippen LogP contribution in [0.4, 0.5) is 0 Å². The molecule has 0 aliphatic carbocycles. The molecule has 0 saturated carbocycles. The molecule has 4 aromatic rings. The highest BCUT2D eigenvalue weighted by Gasteiger charge is 2.43. The second-order valence-corrected chi connectivity index (χ2v) is 8.75. The highest BCUT2D eigenvalue weighted by atomic mass is 16.5. The second kappa shape index (κ2) is 7.82. The number of benzene rings is 1. The molecule has 6 heterocycles. The van der Waals surface area contributed by atoms with Crippen molar-refractivity contribution >= 4 is 10.9 Å². The van der Waals surface area contributed by atoms with Crippen LogP contribution < -0.4 is 4.74 Å². The first-order valence-corrected chi connectivity index (χ1v) is 11.2. The summed E-state index contributed by atoms with van der Waals surface area (Å²) >= 11 is 0. The zero-order chi connectivity index (χ0) is 20.6. The largest absolute Gasteiger partial charge is 0.472 e. The van der Waals surface area contributed by atoms with E-state index in [0.29, 0.717) is 12.0 Å². The van der Waals surface area contributed by atoms with Gasteiger partial charge in [-0.2, -0.15) is 0 Å². The van der Waals surface area contributed by atoms with Gasteiger partial charge in [-0.15, -0.1) is 0 Å². The van der Waals surface area contributed by atoms with Crippen LogP contribution in [-0.4, -0.2) is 45.1 Å². The molecule has 3 saturated heterocycles. The van der Waals surface area contributed by atoms with E-state index in [4.69, 9.17) is 4.74 Å². The fourth-order valence-corrected chi connectivity index (χ4v) is 5.27. The van der Waals surface area contributed by atoms with E-state index >= 15 is 0 Å². The number of fused-ring (bicyclic) bond motifs is 4. The number of rotatable bonds is 5. The lowest BCUT2D eigenvalue weighted by Crippen LogP contribution is -2.60. The van der Waals surface area contributed by atoms with Crippen LogP contribution in [0.5, 0.6) is 5.88 Å². The van der Waals surface area contributed by atoms with Crippen LogP contribution in [0.25, 0.3) is 22.0 Å². The quantitative estimate of drug-likeness (QED) is 0.518. The number of aromatic nitrogens is 3. The Bertz CT molecular complexity index is 1160. The number of H-pyrrole nitrogens is 1. The van der Waals surface area contributed by atoms with Gasteiger partial charge < -0.3 is 9.72 Å². The summed E-state index contributed by atoms with van der Waals surface area (Å²) in [6.07, 6.45) is 11.3. The molecular weight excluding hydrogens is 384 g/mol. The van der Waals surface area contributed by atoms with Crippen LogP contribution in [0.1, 0.15) is 18.4 Å². The zero-order valence-corrected chi connectivity index (χ0v) is 17.4. The fourth-order valence-electron chi connectivity index (χ4n) is 5.27. The minimum absolute atomic E-state index is 0.178. The zero-order valence-electron chi connectivity index (χ0n) is 17.4. The summed E-state index contributed by atoms with van der Waals surface area (Å²) < 4.78 is 6.54. The number of hydrogen-bond acceptors (Lipinski definition) is 4. The van der Waals surface area contributed by atoms with Crippen LogP contribution in [0.3, 0.4) is 0 Å². The molecule has 3 aromatic heterocycles. The van der Waals surface area contributed by atoms with Crippen molar-refractivity contribution in [3.8, 4) is 17.0 Å². The molecule has 3 fully saturated rings. The summed E-state index contributed by atoms with van der Waals surface area (Å²) in [4.78, 5) is 14.8. The maximum absolute atomic E-state index is 6.54. The van der Waals surface area contributed by atoms with Gasteiger partial charge in [-0.1, -0.05) is 12.1 Å². The number of hydrogen-bond donors (Lipinski definition) is 1. The third-order valence-corrected chi connectivity index (χ3v) is 6.93. The Hall–Kier alpha value is -3.18. The van der Waals surface area contributed by atoms with Gasteiger partial charge >= 0.3 is 0 Å². The van der Waals surface area contributed by atoms with E-state index in [1.165, 1.54) is 42.4 Å². The first-order chi connectivity index (χ1) is 15.3. The second-order valence-electron chi connectivity index (χ2n) is 8.75. The van der Waals surface area contributed by atoms with Crippen molar-refractivity contribution in [1.82, 2.24) is 19.9 Å². The third-order valence-electron chi connectivity index (χ3n) is 6.93. The van der Waals surface area contributed by atoms with E-state index in [1.54, 1.807) is 0 Å². The van der Waals surface area contributed by atoms with E-state index < -0.39 is 0 Å². The first kappa shape index (κ1) is 18.6. The van der Waals surface area contributed by atoms with Crippen molar-refractivity contribution in [2.45, 2.75) is 31.4 Å². The molecule has 2 bridgehead atoms. The lowest BCUT2D eigenvalue weighted by molar-refractivity contribution is -0.0595.